The monoisotopic (exact) mass is 645 g/mol. The summed E-state index contributed by atoms with van der Waals surface area (Å²) in [5.41, 5.74) is 2.41. The van der Waals surface area contributed by atoms with Crippen molar-refractivity contribution in [2.45, 2.75) is 44.4 Å². The van der Waals surface area contributed by atoms with Crippen molar-refractivity contribution in [1.82, 2.24) is 10.6 Å². The van der Waals surface area contributed by atoms with Crippen LogP contribution in [-0.4, -0.2) is 43.2 Å². The number of ether oxygens (including phenoxy) is 1. The van der Waals surface area contributed by atoms with E-state index in [-0.39, 0.29) is 30.9 Å². The second-order valence-electron chi connectivity index (χ2n) is 10.6. The maximum atomic E-state index is 13.7. The molecule has 240 valence electrons. The highest BCUT2D eigenvalue weighted by Gasteiger charge is 2.26. The first kappa shape index (κ1) is 33.7. The summed E-state index contributed by atoms with van der Waals surface area (Å²) >= 11 is 0. The van der Waals surface area contributed by atoms with Crippen LogP contribution in [0.2, 0.25) is 0 Å². The average molecular weight is 646 g/mol. The SMILES string of the molecule is O=C(N[C@H](Cc1ccccc1)C(=O)NC(CCc1ccccc1)CCS(=O)(=O)Oc1ccc([N+](=O)[O-])cc1)OCc1ccccc1. The molecule has 0 aliphatic heterocycles. The van der Waals surface area contributed by atoms with E-state index in [2.05, 4.69) is 10.6 Å². The van der Waals surface area contributed by atoms with Gasteiger partial charge in [-0.05, 0) is 48.1 Å². The van der Waals surface area contributed by atoms with Crippen molar-refractivity contribution in [2.75, 3.05) is 5.75 Å². The molecule has 12 heteroatoms. The topological polar surface area (TPSA) is 154 Å². The molecule has 0 aromatic heterocycles. The van der Waals surface area contributed by atoms with E-state index in [4.69, 9.17) is 8.92 Å². The fourth-order valence-corrected chi connectivity index (χ4v) is 5.70. The zero-order valence-corrected chi connectivity index (χ0v) is 25.8. The van der Waals surface area contributed by atoms with Crippen molar-refractivity contribution in [1.29, 1.82) is 0 Å². The number of carbonyl (C=O) groups is 2. The lowest BCUT2D eigenvalue weighted by molar-refractivity contribution is -0.384. The van der Waals surface area contributed by atoms with Gasteiger partial charge in [0.2, 0.25) is 5.91 Å². The van der Waals surface area contributed by atoms with E-state index in [0.717, 1.165) is 28.8 Å². The van der Waals surface area contributed by atoms with Gasteiger partial charge in [0.25, 0.3) is 5.69 Å². The van der Waals surface area contributed by atoms with Crippen LogP contribution in [0.4, 0.5) is 10.5 Å². The third-order valence-corrected chi connectivity index (χ3v) is 8.24. The molecule has 4 aromatic carbocycles. The molecule has 46 heavy (non-hydrogen) atoms. The summed E-state index contributed by atoms with van der Waals surface area (Å²) in [6.07, 6.45) is 0.411. The van der Waals surface area contributed by atoms with Crippen LogP contribution >= 0.6 is 0 Å². The summed E-state index contributed by atoms with van der Waals surface area (Å²) < 4.78 is 36.2. The number of nitro benzene ring substituents is 1. The van der Waals surface area contributed by atoms with Gasteiger partial charge in [0.1, 0.15) is 18.4 Å². The van der Waals surface area contributed by atoms with Crippen molar-refractivity contribution in [3.63, 3.8) is 0 Å². The number of benzene rings is 4. The quantitative estimate of drug-likeness (QED) is 0.0940. The fourth-order valence-electron chi connectivity index (χ4n) is 4.64. The number of nitrogens with zero attached hydrogens (tertiary/aromatic N) is 1. The average Bonchev–Trinajstić information content (AvgIpc) is 3.06. The number of hydrogen-bond acceptors (Lipinski definition) is 8. The van der Waals surface area contributed by atoms with Crippen LogP contribution < -0.4 is 14.8 Å². The van der Waals surface area contributed by atoms with Crippen molar-refractivity contribution >= 4 is 27.8 Å². The molecule has 4 rings (SSSR count). The number of nitro groups is 1. The van der Waals surface area contributed by atoms with Gasteiger partial charge in [-0.2, -0.15) is 8.42 Å². The van der Waals surface area contributed by atoms with Gasteiger partial charge in [-0.3, -0.25) is 14.9 Å². The summed E-state index contributed by atoms with van der Waals surface area (Å²) in [4.78, 5) is 36.7. The first-order valence-electron chi connectivity index (χ1n) is 14.7. The molecule has 0 bridgehead atoms. The summed E-state index contributed by atoms with van der Waals surface area (Å²) in [5.74, 6) is -0.983. The molecule has 0 aliphatic rings. The van der Waals surface area contributed by atoms with E-state index < -0.39 is 44.9 Å². The van der Waals surface area contributed by atoms with Crippen molar-refractivity contribution in [2.24, 2.45) is 0 Å². The number of aryl methyl sites for hydroxylation is 1. The summed E-state index contributed by atoms with van der Waals surface area (Å²) in [7, 11) is -4.11. The Hall–Kier alpha value is -5.23. The van der Waals surface area contributed by atoms with Crippen molar-refractivity contribution in [3.05, 3.63) is 142 Å². The second-order valence-corrected chi connectivity index (χ2v) is 12.3. The number of carbonyl (C=O) groups excluding carboxylic acids is 2. The standard InChI is InChI=1S/C34H35N3O8S/c38-33(32(24-27-12-6-2-7-13-27)36-34(39)44-25-28-14-8-3-9-15-28)35-29(17-16-26-10-4-1-5-11-26)22-23-46(42,43)45-31-20-18-30(19-21-31)37(40)41/h1-15,18-21,29,32H,16-17,22-25H2,(H,35,38)(H,36,39)/t29?,32-/m1/s1. The van der Waals surface area contributed by atoms with E-state index in [1.54, 1.807) is 0 Å². The number of alkyl carbamates (subject to hydrolysis) is 1. The molecule has 11 nitrogen and oxygen atoms in total. The first-order valence-corrected chi connectivity index (χ1v) is 16.3. The van der Waals surface area contributed by atoms with Crippen molar-refractivity contribution < 1.29 is 31.9 Å². The van der Waals surface area contributed by atoms with E-state index >= 15 is 0 Å². The van der Waals surface area contributed by atoms with E-state index in [1.165, 1.54) is 12.1 Å². The summed E-state index contributed by atoms with van der Waals surface area (Å²) in [5, 5.41) is 16.5. The van der Waals surface area contributed by atoms with Gasteiger partial charge < -0.3 is 19.6 Å². The Morgan fingerprint density at radius 1 is 0.739 bits per heavy atom. The molecule has 2 amide bonds. The third kappa shape index (κ3) is 11.4. The maximum absolute atomic E-state index is 13.7. The van der Waals surface area contributed by atoms with Crippen LogP contribution in [0.25, 0.3) is 0 Å². The molecule has 0 saturated heterocycles. The molecule has 0 heterocycles. The molecule has 2 N–H and O–H groups in total. The predicted molar refractivity (Wildman–Crippen MR) is 173 cm³/mol. The van der Waals surface area contributed by atoms with Crippen LogP contribution in [0.15, 0.2) is 115 Å². The predicted octanol–water partition coefficient (Wildman–Crippen LogP) is 5.35. The Bertz CT molecular complexity index is 1670. The normalized spacial score (nSPS) is 12.3. The van der Waals surface area contributed by atoms with E-state index in [0.29, 0.717) is 12.8 Å². The number of amides is 2. The molecule has 4 aromatic rings. The molecule has 0 fully saturated rings. The minimum atomic E-state index is -4.11. The van der Waals surface area contributed by atoms with E-state index in [1.807, 2.05) is 91.0 Å². The lowest BCUT2D eigenvalue weighted by Gasteiger charge is -2.24. The number of nitrogens with one attached hydrogen (secondary N) is 2. The van der Waals surface area contributed by atoms with Crippen LogP contribution in [0.1, 0.15) is 29.5 Å². The minimum absolute atomic E-state index is 0.0183. The summed E-state index contributed by atoms with van der Waals surface area (Å²) in [6, 6.07) is 31.0. The molecule has 0 spiro atoms. The van der Waals surface area contributed by atoms with Gasteiger partial charge >= 0.3 is 16.2 Å². The number of hydrogen-bond donors (Lipinski definition) is 2. The largest absolute Gasteiger partial charge is 0.445 e. The Kier molecular flexibility index (Phi) is 12.2. The number of non-ortho nitro benzene ring substituents is 1. The first-order chi connectivity index (χ1) is 22.2. The van der Waals surface area contributed by atoms with Gasteiger partial charge in [0.05, 0.1) is 10.7 Å². The van der Waals surface area contributed by atoms with Crippen molar-refractivity contribution in [3.8, 4) is 5.75 Å². The van der Waals surface area contributed by atoms with Crippen LogP contribution in [-0.2, 0) is 39.1 Å². The van der Waals surface area contributed by atoms with Gasteiger partial charge in [-0.25, -0.2) is 4.79 Å². The van der Waals surface area contributed by atoms with Gasteiger partial charge in [-0.15, -0.1) is 0 Å². The maximum Gasteiger partial charge on any atom is 0.408 e. The van der Waals surface area contributed by atoms with Crippen LogP contribution in [0.3, 0.4) is 0 Å². The van der Waals surface area contributed by atoms with E-state index in [9.17, 15) is 28.1 Å². The Labute approximate surface area is 267 Å². The van der Waals surface area contributed by atoms with Crippen LogP contribution in [0, 0.1) is 10.1 Å². The minimum Gasteiger partial charge on any atom is -0.445 e. The third-order valence-electron chi connectivity index (χ3n) is 7.06. The smallest absolute Gasteiger partial charge is 0.408 e. The van der Waals surface area contributed by atoms with Gasteiger partial charge in [-0.1, -0.05) is 91.0 Å². The molecule has 0 saturated carbocycles. The molecule has 0 aliphatic carbocycles. The second kappa shape index (κ2) is 16.7. The molecular weight excluding hydrogens is 610 g/mol. The zero-order chi connectivity index (χ0) is 32.8. The Balaban J connectivity index is 1.45. The summed E-state index contributed by atoms with van der Waals surface area (Å²) in [6.45, 7) is 0.0265. The lowest BCUT2D eigenvalue weighted by Crippen LogP contribution is -2.51. The molecule has 0 radical (unpaired) electrons. The fraction of sp³-hybridized carbons (Fsp3) is 0.235. The molecule has 1 unspecified atom stereocenters. The highest BCUT2D eigenvalue weighted by Crippen LogP contribution is 2.20. The highest BCUT2D eigenvalue weighted by molar-refractivity contribution is 7.87. The highest BCUT2D eigenvalue weighted by atomic mass is 32.2. The molecule has 2 atom stereocenters. The molecular formula is C34H35N3O8S. The van der Waals surface area contributed by atoms with Gasteiger partial charge in [0.15, 0.2) is 0 Å². The lowest BCUT2D eigenvalue weighted by atomic mass is 10.0. The van der Waals surface area contributed by atoms with Crippen LogP contribution in [0.5, 0.6) is 5.75 Å². The Morgan fingerprint density at radius 2 is 1.30 bits per heavy atom. The zero-order valence-electron chi connectivity index (χ0n) is 25.0. The number of rotatable bonds is 16. The Morgan fingerprint density at radius 3 is 1.89 bits per heavy atom. The van der Waals surface area contributed by atoms with Gasteiger partial charge in [0, 0.05) is 24.6 Å².